The normalized spacial score (nSPS) is 16.4. The Kier molecular flexibility index (Phi) is 4.81. The van der Waals surface area contributed by atoms with Gasteiger partial charge in [0.15, 0.2) is 0 Å². The monoisotopic (exact) mass is 291 g/mol. The summed E-state index contributed by atoms with van der Waals surface area (Å²) in [6, 6.07) is 11.1. The van der Waals surface area contributed by atoms with Crippen LogP contribution in [0.15, 0.2) is 30.3 Å². The topological polar surface area (TPSA) is 3.24 Å². The van der Waals surface area contributed by atoms with Crippen LogP contribution in [0, 0.1) is 0 Å². The quantitative estimate of drug-likeness (QED) is 0.731. The Morgan fingerprint density at radius 3 is 2.79 bits per heavy atom. The van der Waals surface area contributed by atoms with Gasteiger partial charge in [0.25, 0.3) is 0 Å². The fourth-order valence-electron chi connectivity index (χ4n) is 2.63. The van der Waals surface area contributed by atoms with Crippen molar-refractivity contribution >= 4 is 33.2 Å². The minimum absolute atomic E-state index is 1.23. The maximum absolute atomic E-state index is 2.60. The standard InChI is InChI=1S/C16H21NS2/c1-2-6-16-14(5-1)13-15(19-16)7-11-18-12-10-17-8-3-4-9-17/h1-2,5-6,13H,3-4,7-12H2. The van der Waals surface area contributed by atoms with E-state index < -0.39 is 0 Å². The lowest BCUT2D eigenvalue weighted by molar-refractivity contribution is 0.362. The molecule has 1 fully saturated rings. The third-order valence-corrected chi connectivity index (χ3v) is 5.86. The minimum atomic E-state index is 1.23. The highest BCUT2D eigenvalue weighted by atomic mass is 32.2. The number of thioether (sulfide) groups is 1. The van der Waals surface area contributed by atoms with E-state index in [1.165, 1.54) is 65.4 Å². The molecule has 102 valence electrons. The number of rotatable bonds is 6. The SMILES string of the molecule is c1ccc2sc(CCSCCN3CCCC3)cc2c1. The van der Waals surface area contributed by atoms with Crippen LogP contribution < -0.4 is 0 Å². The van der Waals surface area contributed by atoms with Crippen LogP contribution in [-0.4, -0.2) is 36.0 Å². The average molecular weight is 291 g/mol. The second-order valence-electron chi connectivity index (χ2n) is 5.16. The highest BCUT2D eigenvalue weighted by Gasteiger charge is 2.10. The van der Waals surface area contributed by atoms with Crippen molar-refractivity contribution in [1.29, 1.82) is 0 Å². The van der Waals surface area contributed by atoms with Crippen molar-refractivity contribution in [2.45, 2.75) is 19.3 Å². The summed E-state index contributed by atoms with van der Waals surface area (Å²) in [4.78, 5) is 4.14. The molecule has 2 aromatic rings. The van der Waals surface area contributed by atoms with Crippen molar-refractivity contribution in [3.8, 4) is 0 Å². The molecule has 1 nitrogen and oxygen atoms in total. The van der Waals surface area contributed by atoms with Gasteiger partial charge in [0.1, 0.15) is 0 Å². The molecule has 3 rings (SSSR count). The van der Waals surface area contributed by atoms with E-state index in [9.17, 15) is 0 Å². The summed E-state index contributed by atoms with van der Waals surface area (Å²) in [5.74, 6) is 2.56. The first-order chi connectivity index (χ1) is 9.42. The molecule has 1 aromatic carbocycles. The Labute approximate surface area is 124 Å². The number of aryl methyl sites for hydroxylation is 1. The Hall–Kier alpha value is -0.510. The van der Waals surface area contributed by atoms with E-state index in [2.05, 4.69) is 47.0 Å². The lowest BCUT2D eigenvalue weighted by Gasteiger charge is -2.13. The molecule has 1 saturated heterocycles. The van der Waals surface area contributed by atoms with E-state index in [4.69, 9.17) is 0 Å². The van der Waals surface area contributed by atoms with Gasteiger partial charge >= 0.3 is 0 Å². The van der Waals surface area contributed by atoms with E-state index in [0.29, 0.717) is 0 Å². The molecule has 1 aliphatic heterocycles. The summed E-state index contributed by atoms with van der Waals surface area (Å²) < 4.78 is 1.43. The number of fused-ring (bicyclic) bond motifs is 1. The van der Waals surface area contributed by atoms with Crippen LogP contribution in [0.25, 0.3) is 10.1 Å². The Morgan fingerprint density at radius 2 is 1.95 bits per heavy atom. The minimum Gasteiger partial charge on any atom is -0.303 e. The van der Waals surface area contributed by atoms with E-state index in [1.54, 1.807) is 0 Å². The number of nitrogens with zero attached hydrogens (tertiary/aromatic N) is 1. The van der Waals surface area contributed by atoms with Crippen molar-refractivity contribution in [3.05, 3.63) is 35.2 Å². The van der Waals surface area contributed by atoms with Crippen LogP contribution in [0.4, 0.5) is 0 Å². The van der Waals surface area contributed by atoms with Crippen LogP contribution in [0.5, 0.6) is 0 Å². The fourth-order valence-corrected chi connectivity index (χ4v) is 4.78. The first-order valence-corrected chi connectivity index (χ1v) is 9.16. The van der Waals surface area contributed by atoms with Gasteiger partial charge < -0.3 is 4.90 Å². The van der Waals surface area contributed by atoms with Gasteiger partial charge in [-0.3, -0.25) is 0 Å². The molecular weight excluding hydrogens is 270 g/mol. The van der Waals surface area contributed by atoms with E-state index in [1.807, 2.05) is 11.3 Å². The number of likely N-dealkylation sites (tertiary alicyclic amines) is 1. The fraction of sp³-hybridized carbons (Fsp3) is 0.500. The molecule has 1 aromatic heterocycles. The molecule has 0 atom stereocenters. The van der Waals surface area contributed by atoms with E-state index in [-0.39, 0.29) is 0 Å². The second-order valence-corrected chi connectivity index (χ2v) is 7.55. The maximum Gasteiger partial charge on any atom is 0.0345 e. The molecule has 0 aliphatic carbocycles. The molecule has 0 radical (unpaired) electrons. The average Bonchev–Trinajstić information content (AvgIpc) is 3.06. The van der Waals surface area contributed by atoms with Crippen LogP contribution in [0.3, 0.4) is 0 Å². The Bertz CT molecular complexity index is 481. The molecule has 0 unspecified atom stereocenters. The second kappa shape index (κ2) is 6.78. The summed E-state index contributed by atoms with van der Waals surface area (Å²) in [6.45, 7) is 3.95. The summed E-state index contributed by atoms with van der Waals surface area (Å²) >= 11 is 4.07. The van der Waals surface area contributed by atoms with Gasteiger partial charge in [-0.2, -0.15) is 11.8 Å². The van der Waals surface area contributed by atoms with Crippen molar-refractivity contribution in [3.63, 3.8) is 0 Å². The molecule has 0 spiro atoms. The maximum atomic E-state index is 2.60. The smallest absolute Gasteiger partial charge is 0.0345 e. The molecule has 0 bridgehead atoms. The molecule has 2 heterocycles. The lowest BCUT2D eigenvalue weighted by atomic mass is 10.2. The van der Waals surface area contributed by atoms with Crippen LogP contribution in [0.1, 0.15) is 17.7 Å². The van der Waals surface area contributed by atoms with Crippen LogP contribution in [-0.2, 0) is 6.42 Å². The zero-order valence-electron chi connectivity index (χ0n) is 11.3. The number of benzene rings is 1. The number of thiophene rings is 1. The molecule has 0 saturated carbocycles. The van der Waals surface area contributed by atoms with Gasteiger partial charge in [-0.05, 0) is 55.6 Å². The van der Waals surface area contributed by atoms with Crippen molar-refractivity contribution < 1.29 is 0 Å². The molecule has 19 heavy (non-hydrogen) atoms. The van der Waals surface area contributed by atoms with Crippen LogP contribution in [0.2, 0.25) is 0 Å². The Morgan fingerprint density at radius 1 is 1.11 bits per heavy atom. The van der Waals surface area contributed by atoms with Gasteiger partial charge in [0.05, 0.1) is 0 Å². The molecule has 3 heteroatoms. The highest BCUT2D eigenvalue weighted by molar-refractivity contribution is 7.99. The summed E-state index contributed by atoms with van der Waals surface area (Å²) in [5, 5.41) is 1.41. The van der Waals surface area contributed by atoms with Gasteiger partial charge in [-0.1, -0.05) is 18.2 Å². The highest BCUT2D eigenvalue weighted by Crippen LogP contribution is 2.26. The first kappa shape index (κ1) is 13.5. The molecular formula is C16H21NS2. The predicted molar refractivity (Wildman–Crippen MR) is 88.5 cm³/mol. The number of hydrogen-bond acceptors (Lipinski definition) is 3. The van der Waals surface area contributed by atoms with E-state index in [0.717, 1.165) is 0 Å². The molecule has 0 N–H and O–H groups in total. The van der Waals surface area contributed by atoms with Crippen molar-refractivity contribution in [1.82, 2.24) is 4.90 Å². The zero-order chi connectivity index (χ0) is 12.9. The lowest BCUT2D eigenvalue weighted by Crippen LogP contribution is -2.22. The van der Waals surface area contributed by atoms with Crippen LogP contribution >= 0.6 is 23.1 Å². The zero-order valence-corrected chi connectivity index (χ0v) is 12.9. The van der Waals surface area contributed by atoms with Gasteiger partial charge in [0, 0.05) is 21.9 Å². The van der Waals surface area contributed by atoms with Crippen molar-refractivity contribution in [2.24, 2.45) is 0 Å². The summed E-state index contributed by atoms with van der Waals surface area (Å²) in [5.41, 5.74) is 0. The third-order valence-electron chi connectivity index (χ3n) is 3.72. The molecule has 1 aliphatic rings. The number of hydrogen-bond donors (Lipinski definition) is 0. The first-order valence-electron chi connectivity index (χ1n) is 7.19. The summed E-state index contributed by atoms with van der Waals surface area (Å²) in [7, 11) is 0. The molecule has 0 amide bonds. The van der Waals surface area contributed by atoms with Gasteiger partial charge in [0.2, 0.25) is 0 Å². The summed E-state index contributed by atoms with van der Waals surface area (Å²) in [6.07, 6.45) is 4.04. The third kappa shape index (κ3) is 3.74. The van der Waals surface area contributed by atoms with E-state index >= 15 is 0 Å². The largest absolute Gasteiger partial charge is 0.303 e. The van der Waals surface area contributed by atoms with Gasteiger partial charge in [-0.15, -0.1) is 11.3 Å². The Balaban J connectivity index is 1.39. The van der Waals surface area contributed by atoms with Gasteiger partial charge in [-0.25, -0.2) is 0 Å². The predicted octanol–water partition coefficient (Wildman–Crippen LogP) is 4.27. The van der Waals surface area contributed by atoms with Crippen molar-refractivity contribution in [2.75, 3.05) is 31.1 Å².